The molecule has 0 atom stereocenters. The maximum atomic E-state index is 13.5. The van der Waals surface area contributed by atoms with Gasteiger partial charge in [0.05, 0.1) is 16.9 Å². The van der Waals surface area contributed by atoms with Crippen molar-refractivity contribution in [3.8, 4) is 5.75 Å². The minimum absolute atomic E-state index is 0.0436. The van der Waals surface area contributed by atoms with E-state index in [1.807, 2.05) is 24.3 Å². The van der Waals surface area contributed by atoms with Crippen LogP contribution in [-0.2, 0) is 10.2 Å². The SMILES string of the molecule is O=C(Nc1ccc(OCCCN2CCCCCC2)cc1)C1(c2ccc([N+](=O)[O-])cc2)CCCCC1. The maximum Gasteiger partial charge on any atom is 0.269 e. The van der Waals surface area contributed by atoms with Crippen molar-refractivity contribution >= 4 is 17.3 Å². The number of anilines is 1. The van der Waals surface area contributed by atoms with Gasteiger partial charge in [0.2, 0.25) is 5.91 Å². The summed E-state index contributed by atoms with van der Waals surface area (Å²) in [5.41, 5.74) is 0.973. The molecule has 0 radical (unpaired) electrons. The quantitative estimate of drug-likeness (QED) is 0.268. The number of rotatable bonds is 9. The lowest BCUT2D eigenvalue weighted by Gasteiger charge is -2.36. The van der Waals surface area contributed by atoms with Crippen LogP contribution in [0.25, 0.3) is 0 Å². The number of nitro groups is 1. The first-order valence-electron chi connectivity index (χ1n) is 13.1. The highest BCUT2D eigenvalue weighted by molar-refractivity contribution is 5.99. The molecule has 0 spiro atoms. The molecule has 35 heavy (non-hydrogen) atoms. The topological polar surface area (TPSA) is 84.7 Å². The Morgan fingerprint density at radius 3 is 2.17 bits per heavy atom. The highest BCUT2D eigenvalue weighted by atomic mass is 16.6. The molecule has 188 valence electrons. The van der Waals surface area contributed by atoms with E-state index >= 15 is 0 Å². The summed E-state index contributed by atoms with van der Waals surface area (Å²) in [5, 5.41) is 14.1. The number of likely N-dealkylation sites (tertiary alicyclic amines) is 1. The molecule has 1 N–H and O–H groups in total. The van der Waals surface area contributed by atoms with Gasteiger partial charge in [-0.15, -0.1) is 0 Å². The van der Waals surface area contributed by atoms with Gasteiger partial charge in [-0.05, 0) is 75.0 Å². The van der Waals surface area contributed by atoms with Crippen molar-refractivity contribution in [2.24, 2.45) is 0 Å². The highest BCUT2D eigenvalue weighted by Gasteiger charge is 2.41. The molecule has 2 aromatic carbocycles. The number of amides is 1. The standard InChI is InChI=1S/C28H37N3O4/c32-27(28(17-4-3-5-18-28)23-9-13-25(14-10-23)31(33)34)29-24-11-15-26(16-12-24)35-22-8-21-30-19-6-1-2-7-20-30/h9-16H,1-8,17-22H2,(H,29,32). The molecular formula is C28H37N3O4. The average molecular weight is 480 g/mol. The molecule has 1 amide bonds. The van der Waals surface area contributed by atoms with Gasteiger partial charge in [0.25, 0.3) is 5.69 Å². The van der Waals surface area contributed by atoms with E-state index in [9.17, 15) is 14.9 Å². The van der Waals surface area contributed by atoms with Crippen LogP contribution in [0.15, 0.2) is 48.5 Å². The molecule has 7 heteroatoms. The predicted octanol–water partition coefficient (Wildman–Crippen LogP) is 6.08. The van der Waals surface area contributed by atoms with Gasteiger partial charge in [0.1, 0.15) is 5.75 Å². The Morgan fingerprint density at radius 2 is 1.54 bits per heavy atom. The fourth-order valence-electron chi connectivity index (χ4n) is 5.43. The Hall–Kier alpha value is -2.93. The summed E-state index contributed by atoms with van der Waals surface area (Å²) in [7, 11) is 0. The molecule has 2 aliphatic rings. The molecule has 1 heterocycles. The number of nitrogens with one attached hydrogen (secondary N) is 1. The molecule has 1 saturated carbocycles. The number of hydrogen-bond acceptors (Lipinski definition) is 5. The van der Waals surface area contributed by atoms with Crippen molar-refractivity contribution in [3.63, 3.8) is 0 Å². The van der Waals surface area contributed by atoms with Gasteiger partial charge in [0, 0.05) is 24.4 Å². The fraction of sp³-hybridized carbons (Fsp3) is 0.536. The van der Waals surface area contributed by atoms with E-state index < -0.39 is 10.3 Å². The Morgan fingerprint density at radius 1 is 0.914 bits per heavy atom. The van der Waals surface area contributed by atoms with Crippen LogP contribution in [0.4, 0.5) is 11.4 Å². The Labute approximate surface area is 208 Å². The normalized spacial score (nSPS) is 18.4. The lowest BCUT2D eigenvalue weighted by atomic mass is 9.68. The summed E-state index contributed by atoms with van der Waals surface area (Å²) in [4.78, 5) is 26.7. The van der Waals surface area contributed by atoms with Crippen molar-refractivity contribution in [1.29, 1.82) is 0 Å². The van der Waals surface area contributed by atoms with E-state index in [2.05, 4.69) is 10.2 Å². The maximum absolute atomic E-state index is 13.5. The second-order valence-corrected chi connectivity index (χ2v) is 9.88. The largest absolute Gasteiger partial charge is 0.494 e. The van der Waals surface area contributed by atoms with Crippen LogP contribution in [0.2, 0.25) is 0 Å². The molecule has 0 aromatic heterocycles. The average Bonchev–Trinajstić information content (AvgIpc) is 3.17. The van der Waals surface area contributed by atoms with E-state index in [4.69, 9.17) is 4.74 Å². The number of nitrogens with zero attached hydrogens (tertiary/aromatic N) is 2. The smallest absolute Gasteiger partial charge is 0.269 e. The van der Waals surface area contributed by atoms with Gasteiger partial charge in [-0.3, -0.25) is 14.9 Å². The minimum Gasteiger partial charge on any atom is -0.494 e. The number of carbonyl (C=O) groups excluding carboxylic acids is 1. The summed E-state index contributed by atoms with van der Waals surface area (Å²) in [6.45, 7) is 4.18. The summed E-state index contributed by atoms with van der Waals surface area (Å²) in [6, 6.07) is 14.1. The number of benzene rings is 2. The monoisotopic (exact) mass is 479 g/mol. The second-order valence-electron chi connectivity index (χ2n) is 9.88. The summed E-state index contributed by atoms with van der Waals surface area (Å²) in [5.74, 6) is 0.763. The molecule has 2 aromatic rings. The van der Waals surface area contributed by atoms with Crippen molar-refractivity contribution in [2.45, 2.75) is 69.6 Å². The molecule has 1 aliphatic carbocycles. The molecule has 1 saturated heterocycles. The van der Waals surface area contributed by atoms with Crippen LogP contribution in [0.1, 0.15) is 69.8 Å². The van der Waals surface area contributed by atoms with Gasteiger partial charge in [-0.2, -0.15) is 0 Å². The second kappa shape index (κ2) is 12.2. The third-order valence-electron chi connectivity index (χ3n) is 7.47. The fourth-order valence-corrected chi connectivity index (χ4v) is 5.43. The van der Waals surface area contributed by atoms with Crippen molar-refractivity contribution in [3.05, 3.63) is 64.2 Å². The number of non-ortho nitro benzene ring substituents is 1. The first-order chi connectivity index (χ1) is 17.1. The first kappa shape index (κ1) is 25.2. The van der Waals surface area contributed by atoms with Gasteiger partial charge >= 0.3 is 0 Å². The number of carbonyl (C=O) groups is 1. The number of hydrogen-bond donors (Lipinski definition) is 1. The van der Waals surface area contributed by atoms with Crippen LogP contribution < -0.4 is 10.1 Å². The van der Waals surface area contributed by atoms with Crippen LogP contribution >= 0.6 is 0 Å². The van der Waals surface area contributed by atoms with Crippen LogP contribution in [0.3, 0.4) is 0 Å². The van der Waals surface area contributed by atoms with Crippen LogP contribution in [-0.4, -0.2) is 42.0 Å². The molecule has 2 fully saturated rings. The summed E-state index contributed by atoms with van der Waals surface area (Å²) >= 11 is 0. The molecule has 4 rings (SSSR count). The van der Waals surface area contributed by atoms with E-state index in [1.165, 1.54) is 50.9 Å². The minimum atomic E-state index is -0.657. The summed E-state index contributed by atoms with van der Waals surface area (Å²) < 4.78 is 5.93. The van der Waals surface area contributed by atoms with E-state index in [1.54, 1.807) is 12.1 Å². The molecule has 0 bridgehead atoms. The predicted molar refractivity (Wildman–Crippen MR) is 138 cm³/mol. The number of nitro benzene ring substituents is 1. The van der Waals surface area contributed by atoms with E-state index in [0.29, 0.717) is 6.61 Å². The number of ether oxygens (including phenoxy) is 1. The Bertz CT molecular complexity index is 961. The lowest BCUT2D eigenvalue weighted by Crippen LogP contribution is -2.42. The van der Waals surface area contributed by atoms with Crippen molar-refractivity contribution < 1.29 is 14.5 Å². The third kappa shape index (κ3) is 6.60. The van der Waals surface area contributed by atoms with Gasteiger partial charge in [-0.25, -0.2) is 0 Å². The Kier molecular flexibility index (Phi) is 8.74. The third-order valence-corrected chi connectivity index (χ3v) is 7.47. The Balaban J connectivity index is 1.33. The van der Waals surface area contributed by atoms with E-state index in [0.717, 1.165) is 62.1 Å². The molecular weight excluding hydrogens is 442 g/mol. The first-order valence-corrected chi connectivity index (χ1v) is 13.1. The lowest BCUT2D eigenvalue weighted by molar-refractivity contribution is -0.384. The zero-order valence-corrected chi connectivity index (χ0v) is 20.5. The van der Waals surface area contributed by atoms with Crippen LogP contribution in [0.5, 0.6) is 5.75 Å². The zero-order chi connectivity index (χ0) is 24.5. The molecule has 7 nitrogen and oxygen atoms in total. The van der Waals surface area contributed by atoms with Gasteiger partial charge in [-0.1, -0.05) is 44.2 Å². The summed E-state index contributed by atoms with van der Waals surface area (Å²) in [6.07, 6.45) is 10.9. The zero-order valence-electron chi connectivity index (χ0n) is 20.5. The van der Waals surface area contributed by atoms with Crippen LogP contribution in [0, 0.1) is 10.1 Å². The van der Waals surface area contributed by atoms with Gasteiger partial charge in [0.15, 0.2) is 0 Å². The van der Waals surface area contributed by atoms with Crippen molar-refractivity contribution in [2.75, 3.05) is 31.6 Å². The van der Waals surface area contributed by atoms with Gasteiger partial charge < -0.3 is 15.0 Å². The van der Waals surface area contributed by atoms with E-state index in [-0.39, 0.29) is 11.6 Å². The molecule has 0 unspecified atom stereocenters. The molecule has 1 aliphatic heterocycles. The highest BCUT2D eigenvalue weighted by Crippen LogP contribution is 2.41. The van der Waals surface area contributed by atoms with Crippen molar-refractivity contribution in [1.82, 2.24) is 4.90 Å².